The van der Waals surface area contributed by atoms with Crippen LogP contribution >= 0.6 is 11.8 Å². The van der Waals surface area contributed by atoms with Gasteiger partial charge in [0.2, 0.25) is 0 Å². The minimum absolute atomic E-state index is 0.739. The summed E-state index contributed by atoms with van der Waals surface area (Å²) in [6.07, 6.45) is 2.81. The first kappa shape index (κ1) is 11.1. The predicted octanol–water partition coefficient (Wildman–Crippen LogP) is 3.60. The summed E-state index contributed by atoms with van der Waals surface area (Å²) in [5, 5.41) is 5.32. The fraction of sp³-hybridized carbons (Fsp3) is 0.500. The zero-order valence-corrected chi connectivity index (χ0v) is 11.2. The first-order valence-electron chi connectivity index (χ1n) is 6.28. The Labute approximate surface area is 107 Å². The van der Waals surface area contributed by atoms with Crippen LogP contribution in [0.25, 0.3) is 0 Å². The van der Waals surface area contributed by atoms with E-state index in [0.717, 1.165) is 22.9 Å². The number of aryl methyl sites for hydroxylation is 1. The van der Waals surface area contributed by atoms with Crippen molar-refractivity contribution < 1.29 is 0 Å². The number of hydrogen-bond donors (Lipinski definition) is 1. The molecule has 90 valence electrons. The molecule has 1 N–H and O–H groups in total. The molecule has 0 amide bonds. The molecule has 0 spiro atoms. The van der Waals surface area contributed by atoms with Gasteiger partial charge in [0.05, 0.1) is 6.54 Å². The van der Waals surface area contributed by atoms with Crippen LogP contribution in [0.5, 0.6) is 0 Å². The summed E-state index contributed by atoms with van der Waals surface area (Å²) in [5.41, 5.74) is 3.86. The largest absolute Gasteiger partial charge is 0.335 e. The topological polar surface area (TPSA) is 24.4 Å². The number of benzene rings is 1. The molecule has 0 saturated heterocycles. The van der Waals surface area contributed by atoms with E-state index in [-0.39, 0.29) is 0 Å². The Balaban J connectivity index is 1.69. The molecule has 0 radical (unpaired) electrons. The number of hydrogen-bond acceptors (Lipinski definition) is 3. The van der Waals surface area contributed by atoms with Crippen LogP contribution in [0.3, 0.4) is 0 Å². The molecule has 3 rings (SSSR count). The van der Waals surface area contributed by atoms with Gasteiger partial charge in [-0.25, -0.2) is 0 Å². The third kappa shape index (κ3) is 2.34. The van der Waals surface area contributed by atoms with Crippen LogP contribution in [-0.4, -0.2) is 17.0 Å². The van der Waals surface area contributed by atoms with E-state index in [1.165, 1.54) is 29.7 Å². The van der Waals surface area contributed by atoms with Crippen molar-refractivity contribution in [2.75, 3.05) is 11.9 Å². The lowest BCUT2D eigenvalue weighted by Crippen LogP contribution is -2.09. The molecule has 0 aromatic heterocycles. The highest BCUT2D eigenvalue weighted by Gasteiger charge is 2.35. The molecule has 2 nitrogen and oxygen atoms in total. The fourth-order valence-electron chi connectivity index (χ4n) is 2.17. The Morgan fingerprint density at radius 1 is 1.29 bits per heavy atom. The molecule has 2 aliphatic rings. The molecule has 1 aromatic rings. The first-order valence-corrected chi connectivity index (χ1v) is 7.16. The maximum absolute atomic E-state index is 4.61. The van der Waals surface area contributed by atoms with Crippen molar-refractivity contribution in [3.05, 3.63) is 29.3 Å². The Hall–Kier alpha value is -0.960. The summed E-state index contributed by atoms with van der Waals surface area (Å²) in [6.45, 7) is 5.32. The second-order valence-electron chi connectivity index (χ2n) is 5.01. The van der Waals surface area contributed by atoms with Crippen LogP contribution in [0, 0.1) is 19.8 Å². The van der Waals surface area contributed by atoms with Crippen molar-refractivity contribution >= 4 is 22.6 Å². The monoisotopic (exact) mass is 246 g/mol. The van der Waals surface area contributed by atoms with Crippen LogP contribution < -0.4 is 5.32 Å². The highest BCUT2D eigenvalue weighted by atomic mass is 32.2. The summed E-state index contributed by atoms with van der Waals surface area (Å²) >= 11 is 1.93. The first-order chi connectivity index (χ1) is 8.24. The average molecular weight is 246 g/mol. The van der Waals surface area contributed by atoms with E-state index >= 15 is 0 Å². The normalized spacial score (nSPS) is 23.6. The quantitative estimate of drug-likeness (QED) is 0.862. The Morgan fingerprint density at radius 3 is 2.88 bits per heavy atom. The van der Waals surface area contributed by atoms with Crippen LogP contribution in [-0.2, 0) is 0 Å². The lowest BCUT2D eigenvalue weighted by atomic mass is 10.1. The van der Waals surface area contributed by atoms with Gasteiger partial charge in [0.1, 0.15) is 0 Å². The molecule has 1 fully saturated rings. The van der Waals surface area contributed by atoms with Crippen molar-refractivity contribution in [1.29, 1.82) is 0 Å². The SMILES string of the molecule is Cc1cccc(NC2=NCC(C3CC3)S2)c1C. The van der Waals surface area contributed by atoms with E-state index in [4.69, 9.17) is 0 Å². The number of anilines is 1. The predicted molar refractivity (Wildman–Crippen MR) is 75.9 cm³/mol. The van der Waals surface area contributed by atoms with Gasteiger partial charge in [-0.2, -0.15) is 0 Å². The maximum atomic E-state index is 4.61. The van der Waals surface area contributed by atoms with Gasteiger partial charge in [-0.1, -0.05) is 23.9 Å². The van der Waals surface area contributed by atoms with Crippen molar-refractivity contribution in [2.24, 2.45) is 10.9 Å². The number of thioether (sulfide) groups is 1. The van der Waals surface area contributed by atoms with Crippen LogP contribution in [0.1, 0.15) is 24.0 Å². The third-order valence-corrected chi connectivity index (χ3v) is 4.96. The third-order valence-electron chi connectivity index (χ3n) is 3.67. The Kier molecular flexibility index (Phi) is 2.87. The molecular weight excluding hydrogens is 228 g/mol. The number of amidine groups is 1. The molecule has 1 unspecified atom stereocenters. The number of aliphatic imine (C=N–C) groups is 1. The molecule has 1 aromatic carbocycles. The highest BCUT2D eigenvalue weighted by molar-refractivity contribution is 8.15. The Morgan fingerprint density at radius 2 is 2.12 bits per heavy atom. The average Bonchev–Trinajstić information content (AvgIpc) is 3.06. The molecule has 1 atom stereocenters. The zero-order chi connectivity index (χ0) is 11.8. The highest BCUT2D eigenvalue weighted by Crippen LogP contribution is 2.42. The lowest BCUT2D eigenvalue weighted by molar-refractivity contribution is 0.773. The van der Waals surface area contributed by atoms with Gasteiger partial charge in [-0.05, 0) is 49.8 Å². The minimum Gasteiger partial charge on any atom is -0.335 e. The van der Waals surface area contributed by atoms with Crippen molar-refractivity contribution in [3.8, 4) is 0 Å². The molecule has 1 saturated carbocycles. The van der Waals surface area contributed by atoms with E-state index in [2.05, 4.69) is 42.4 Å². The smallest absolute Gasteiger partial charge is 0.161 e. The molecular formula is C14H18N2S. The molecule has 1 aliphatic heterocycles. The van der Waals surface area contributed by atoms with Crippen molar-refractivity contribution in [2.45, 2.75) is 31.9 Å². The standard InChI is InChI=1S/C14H18N2S/c1-9-4-3-5-12(10(9)2)16-14-15-8-13(17-14)11-6-7-11/h3-5,11,13H,6-8H2,1-2H3,(H,15,16). The molecule has 1 heterocycles. The van der Waals surface area contributed by atoms with Gasteiger partial charge in [-0.15, -0.1) is 0 Å². The number of nitrogens with zero attached hydrogens (tertiary/aromatic N) is 1. The van der Waals surface area contributed by atoms with E-state index in [9.17, 15) is 0 Å². The van der Waals surface area contributed by atoms with E-state index in [1.54, 1.807) is 0 Å². The van der Waals surface area contributed by atoms with E-state index in [0.29, 0.717) is 0 Å². The van der Waals surface area contributed by atoms with Gasteiger partial charge < -0.3 is 5.32 Å². The minimum atomic E-state index is 0.739. The van der Waals surface area contributed by atoms with Crippen LogP contribution in [0.15, 0.2) is 23.2 Å². The van der Waals surface area contributed by atoms with Gasteiger partial charge in [0.15, 0.2) is 5.17 Å². The van der Waals surface area contributed by atoms with Gasteiger partial charge in [0, 0.05) is 10.9 Å². The van der Waals surface area contributed by atoms with Gasteiger partial charge >= 0.3 is 0 Å². The summed E-state index contributed by atoms with van der Waals surface area (Å²) in [7, 11) is 0. The van der Waals surface area contributed by atoms with Gasteiger partial charge in [-0.3, -0.25) is 4.99 Å². The fourth-order valence-corrected chi connectivity index (χ4v) is 3.39. The van der Waals surface area contributed by atoms with E-state index < -0.39 is 0 Å². The molecule has 3 heteroatoms. The van der Waals surface area contributed by atoms with Gasteiger partial charge in [0.25, 0.3) is 0 Å². The molecule has 0 bridgehead atoms. The van der Waals surface area contributed by atoms with E-state index in [1.807, 2.05) is 11.8 Å². The van der Waals surface area contributed by atoms with Crippen LogP contribution in [0.2, 0.25) is 0 Å². The number of rotatable bonds is 2. The summed E-state index contributed by atoms with van der Waals surface area (Å²) in [6, 6.07) is 6.39. The maximum Gasteiger partial charge on any atom is 0.161 e. The second kappa shape index (κ2) is 4.37. The second-order valence-corrected chi connectivity index (χ2v) is 6.24. The van der Waals surface area contributed by atoms with Crippen molar-refractivity contribution in [1.82, 2.24) is 0 Å². The zero-order valence-electron chi connectivity index (χ0n) is 10.4. The summed E-state index contributed by atoms with van der Waals surface area (Å²) < 4.78 is 0. The number of nitrogens with one attached hydrogen (secondary N) is 1. The van der Waals surface area contributed by atoms with Crippen molar-refractivity contribution in [3.63, 3.8) is 0 Å². The lowest BCUT2D eigenvalue weighted by Gasteiger charge is -2.11. The summed E-state index contributed by atoms with van der Waals surface area (Å²) in [5.74, 6) is 0.932. The molecule has 17 heavy (non-hydrogen) atoms. The Bertz CT molecular complexity index is 463. The van der Waals surface area contributed by atoms with Crippen LogP contribution in [0.4, 0.5) is 5.69 Å². The molecule has 1 aliphatic carbocycles. The summed E-state index contributed by atoms with van der Waals surface area (Å²) in [4.78, 5) is 4.61.